The predicted molar refractivity (Wildman–Crippen MR) is 135 cm³/mol. The number of benzene rings is 2. The molecule has 0 amide bonds. The molecule has 3 aliphatic heterocycles. The van der Waals surface area contributed by atoms with Crippen molar-refractivity contribution in [2.24, 2.45) is 5.92 Å². The van der Waals surface area contributed by atoms with Gasteiger partial charge in [-0.15, -0.1) is 0 Å². The van der Waals surface area contributed by atoms with Gasteiger partial charge in [0.1, 0.15) is 17.2 Å². The first kappa shape index (κ1) is 24.8. The van der Waals surface area contributed by atoms with Crippen molar-refractivity contribution in [1.29, 1.82) is 0 Å². The van der Waals surface area contributed by atoms with Crippen molar-refractivity contribution in [3.05, 3.63) is 56.2 Å². The van der Waals surface area contributed by atoms with Crippen LogP contribution in [0.2, 0.25) is 0 Å². The Kier molecular flexibility index (Phi) is 7.05. The summed E-state index contributed by atoms with van der Waals surface area (Å²) in [7, 11) is 0. The monoisotopic (exact) mass is 557 g/mol. The number of aromatic hydroxyl groups is 1. The number of allylic oxidation sites excluding steroid dienone is 1. The highest BCUT2D eigenvalue weighted by Gasteiger charge is 2.35. The summed E-state index contributed by atoms with van der Waals surface area (Å²) in [5.74, 6) is 0.841. The van der Waals surface area contributed by atoms with Crippen molar-refractivity contribution in [1.82, 2.24) is 4.90 Å². The van der Waals surface area contributed by atoms with Crippen molar-refractivity contribution in [3.8, 4) is 17.2 Å². The van der Waals surface area contributed by atoms with E-state index < -0.39 is 0 Å². The number of Topliss-reactive ketones (excluding diaryl/α,β-unsaturated/α-hetero) is 1. The summed E-state index contributed by atoms with van der Waals surface area (Å²) < 4.78 is 23.2. The van der Waals surface area contributed by atoms with Crippen LogP contribution in [0.3, 0.4) is 0 Å². The number of ether oxygens (including phenoxy) is 4. The predicted octanol–water partition coefficient (Wildman–Crippen LogP) is 4.72. The highest BCUT2D eigenvalue weighted by atomic mass is 79.9. The molecule has 0 aromatic heterocycles. The van der Waals surface area contributed by atoms with E-state index >= 15 is 0 Å². The number of nitrogens with zero attached hydrogens (tertiary/aromatic N) is 1. The fourth-order valence-electron chi connectivity index (χ4n) is 5.00. The van der Waals surface area contributed by atoms with Gasteiger partial charge in [-0.1, -0.05) is 15.9 Å². The Morgan fingerprint density at radius 2 is 2.03 bits per heavy atom. The largest absolute Gasteiger partial charge is 0.507 e. The van der Waals surface area contributed by atoms with Crippen LogP contribution in [0.4, 0.5) is 0 Å². The van der Waals surface area contributed by atoms with Gasteiger partial charge in [-0.3, -0.25) is 14.5 Å². The number of esters is 1. The molecular formula is C27H28BrNO7. The molecule has 0 unspecified atom stereocenters. The van der Waals surface area contributed by atoms with Crippen LogP contribution in [-0.4, -0.2) is 48.2 Å². The Balaban J connectivity index is 1.41. The number of carbonyl (C=O) groups excluding carboxylic acids is 2. The lowest BCUT2D eigenvalue weighted by Gasteiger charge is -2.31. The normalized spacial score (nSPS) is 19.0. The number of carbonyl (C=O) groups is 2. The minimum absolute atomic E-state index is 0.0909. The van der Waals surface area contributed by atoms with Crippen molar-refractivity contribution in [2.45, 2.75) is 39.8 Å². The molecule has 3 aliphatic rings. The molecule has 190 valence electrons. The lowest BCUT2D eigenvalue weighted by molar-refractivity contribution is -0.149. The van der Waals surface area contributed by atoms with Gasteiger partial charge >= 0.3 is 5.97 Å². The molecule has 2 aromatic carbocycles. The molecule has 3 heterocycles. The van der Waals surface area contributed by atoms with E-state index in [0.29, 0.717) is 79.4 Å². The molecule has 1 N–H and O–H groups in total. The number of hydrogen-bond acceptors (Lipinski definition) is 8. The van der Waals surface area contributed by atoms with Crippen molar-refractivity contribution >= 4 is 33.8 Å². The van der Waals surface area contributed by atoms with Crippen LogP contribution in [0.15, 0.2) is 28.4 Å². The zero-order valence-corrected chi connectivity index (χ0v) is 21.9. The second-order valence-electron chi connectivity index (χ2n) is 9.23. The molecule has 9 heteroatoms. The maximum absolute atomic E-state index is 13.4. The zero-order chi connectivity index (χ0) is 25.4. The van der Waals surface area contributed by atoms with E-state index in [1.807, 2.05) is 19.1 Å². The van der Waals surface area contributed by atoms with Gasteiger partial charge in [0, 0.05) is 22.1 Å². The average molecular weight is 558 g/mol. The number of ketones is 1. The summed E-state index contributed by atoms with van der Waals surface area (Å²) >= 11 is 3.51. The first-order valence-corrected chi connectivity index (χ1v) is 12.9. The third-order valence-electron chi connectivity index (χ3n) is 6.80. The van der Waals surface area contributed by atoms with Crippen molar-refractivity contribution in [2.75, 3.05) is 26.5 Å². The third kappa shape index (κ3) is 4.75. The van der Waals surface area contributed by atoms with Crippen LogP contribution in [0.1, 0.15) is 52.4 Å². The Bertz CT molecular complexity index is 1250. The molecule has 0 saturated carbocycles. The van der Waals surface area contributed by atoms with E-state index in [1.165, 1.54) is 0 Å². The summed E-state index contributed by atoms with van der Waals surface area (Å²) in [6.45, 7) is 6.33. The second kappa shape index (κ2) is 10.2. The molecule has 36 heavy (non-hydrogen) atoms. The molecule has 0 spiro atoms. The lowest BCUT2D eigenvalue weighted by atomic mass is 9.95. The first-order chi connectivity index (χ1) is 17.4. The number of piperidine rings is 1. The van der Waals surface area contributed by atoms with E-state index in [9.17, 15) is 14.7 Å². The fraction of sp³-hybridized carbons (Fsp3) is 0.407. The fourth-order valence-corrected chi connectivity index (χ4v) is 5.52. The number of rotatable bonds is 5. The number of likely N-dealkylation sites (tertiary alicyclic amines) is 1. The van der Waals surface area contributed by atoms with E-state index in [0.717, 1.165) is 10.0 Å². The van der Waals surface area contributed by atoms with Gasteiger partial charge in [-0.05, 0) is 69.6 Å². The number of phenols is 1. The molecule has 0 bridgehead atoms. The first-order valence-electron chi connectivity index (χ1n) is 12.1. The van der Waals surface area contributed by atoms with Gasteiger partial charge in [0.05, 0.1) is 30.3 Å². The van der Waals surface area contributed by atoms with Gasteiger partial charge in [0.25, 0.3) is 0 Å². The van der Waals surface area contributed by atoms with Crippen LogP contribution in [0.5, 0.6) is 17.2 Å². The van der Waals surface area contributed by atoms with Gasteiger partial charge in [0.15, 0.2) is 12.6 Å². The van der Waals surface area contributed by atoms with Crippen LogP contribution in [-0.2, 0) is 27.4 Å². The zero-order valence-electron chi connectivity index (χ0n) is 20.3. The highest BCUT2D eigenvalue weighted by Crippen LogP contribution is 2.43. The summed E-state index contributed by atoms with van der Waals surface area (Å²) in [6.07, 6.45) is 3.06. The van der Waals surface area contributed by atoms with Gasteiger partial charge in [0.2, 0.25) is 5.78 Å². The van der Waals surface area contributed by atoms with Crippen molar-refractivity contribution in [3.63, 3.8) is 0 Å². The Hall–Kier alpha value is -2.88. The quantitative estimate of drug-likeness (QED) is 0.416. The maximum Gasteiger partial charge on any atom is 0.309 e. The topological polar surface area (TPSA) is 94.5 Å². The van der Waals surface area contributed by atoms with Crippen LogP contribution >= 0.6 is 15.9 Å². The van der Waals surface area contributed by atoms with E-state index in [-0.39, 0.29) is 36.0 Å². The molecular weight excluding hydrogens is 530 g/mol. The second-order valence-corrected chi connectivity index (χ2v) is 10.1. The van der Waals surface area contributed by atoms with Crippen LogP contribution < -0.4 is 9.47 Å². The molecule has 8 nitrogen and oxygen atoms in total. The van der Waals surface area contributed by atoms with E-state index in [2.05, 4.69) is 20.8 Å². The standard InChI is InChI=1S/C27H28BrNO7/c1-3-34-27(32)16-4-6-29(7-5-16)12-20-21(30)8-15(2)23-24(31)22(36-26(20)23)11-17-9-19(28)10-18-13-33-14-35-25(17)18/h8-11,16,30H,3-7,12-14H2,1-2H3/b22-11+. The molecule has 1 saturated heterocycles. The Morgan fingerprint density at radius 1 is 1.25 bits per heavy atom. The molecule has 2 aromatic rings. The smallest absolute Gasteiger partial charge is 0.309 e. The van der Waals surface area contributed by atoms with Gasteiger partial charge in [-0.25, -0.2) is 0 Å². The molecule has 5 rings (SSSR count). The van der Waals surface area contributed by atoms with E-state index in [4.69, 9.17) is 18.9 Å². The SMILES string of the molecule is CCOC(=O)C1CCN(Cc2c(O)cc(C)c3c2O/C(=C/c2cc(Br)cc4c2OCOC4)C3=O)CC1. The highest BCUT2D eigenvalue weighted by molar-refractivity contribution is 9.10. The summed E-state index contributed by atoms with van der Waals surface area (Å²) in [4.78, 5) is 27.6. The van der Waals surface area contributed by atoms with Crippen LogP contribution in [0, 0.1) is 12.8 Å². The van der Waals surface area contributed by atoms with E-state index in [1.54, 1.807) is 19.1 Å². The summed E-state index contributed by atoms with van der Waals surface area (Å²) in [6, 6.07) is 5.41. The molecule has 0 atom stereocenters. The number of fused-ring (bicyclic) bond motifs is 2. The number of halogens is 1. The number of phenolic OH excluding ortho intramolecular Hbond substituents is 1. The number of aryl methyl sites for hydroxylation is 1. The van der Waals surface area contributed by atoms with Gasteiger partial charge in [-0.2, -0.15) is 0 Å². The molecule has 0 aliphatic carbocycles. The lowest BCUT2D eigenvalue weighted by Crippen LogP contribution is -2.36. The Labute approximate surface area is 217 Å². The van der Waals surface area contributed by atoms with Crippen LogP contribution in [0.25, 0.3) is 6.08 Å². The minimum Gasteiger partial charge on any atom is -0.507 e. The van der Waals surface area contributed by atoms with Gasteiger partial charge < -0.3 is 24.1 Å². The van der Waals surface area contributed by atoms with Crippen molar-refractivity contribution < 1.29 is 33.6 Å². The minimum atomic E-state index is -0.231. The third-order valence-corrected chi connectivity index (χ3v) is 7.26. The summed E-state index contributed by atoms with van der Waals surface area (Å²) in [5.41, 5.74) is 3.28. The summed E-state index contributed by atoms with van der Waals surface area (Å²) in [5, 5.41) is 10.8. The number of hydrogen-bond donors (Lipinski definition) is 1. The molecule has 1 fully saturated rings. The maximum atomic E-state index is 13.4. The average Bonchev–Trinajstić information content (AvgIpc) is 3.18. The Morgan fingerprint density at radius 3 is 2.78 bits per heavy atom. The molecule has 0 radical (unpaired) electrons.